The van der Waals surface area contributed by atoms with Crippen LogP contribution in [0.2, 0.25) is 0 Å². The van der Waals surface area contributed by atoms with Gasteiger partial charge in [0, 0.05) is 31.2 Å². The molecule has 1 aromatic heterocycles. The van der Waals surface area contributed by atoms with Crippen LogP contribution in [-0.4, -0.2) is 69.6 Å². The highest BCUT2D eigenvalue weighted by molar-refractivity contribution is 7.91. The molecular formula is C21H26N2O4S2. The van der Waals surface area contributed by atoms with Crippen molar-refractivity contribution >= 4 is 32.1 Å². The van der Waals surface area contributed by atoms with Crippen molar-refractivity contribution in [1.82, 2.24) is 4.90 Å². The molecule has 0 aliphatic carbocycles. The number of hydrogen-bond acceptors (Lipinski definition) is 6. The highest BCUT2D eigenvalue weighted by atomic mass is 32.2. The zero-order valence-corrected chi connectivity index (χ0v) is 18.2. The molecule has 0 bridgehead atoms. The van der Waals surface area contributed by atoms with E-state index in [1.54, 1.807) is 4.90 Å². The van der Waals surface area contributed by atoms with Crippen LogP contribution in [0.1, 0.15) is 23.0 Å². The van der Waals surface area contributed by atoms with Gasteiger partial charge in [-0.05, 0) is 25.0 Å². The first-order chi connectivity index (χ1) is 14.0. The van der Waals surface area contributed by atoms with Crippen molar-refractivity contribution in [2.24, 2.45) is 0 Å². The summed E-state index contributed by atoms with van der Waals surface area (Å²) >= 11 is 1.50. The monoisotopic (exact) mass is 434 g/mol. The van der Waals surface area contributed by atoms with Gasteiger partial charge in [-0.2, -0.15) is 0 Å². The van der Waals surface area contributed by atoms with Crippen LogP contribution in [0.4, 0.5) is 5.00 Å². The lowest BCUT2D eigenvalue weighted by Crippen LogP contribution is -2.40. The lowest BCUT2D eigenvalue weighted by Gasteiger charge is -2.28. The van der Waals surface area contributed by atoms with Crippen LogP contribution in [0, 0.1) is 0 Å². The Morgan fingerprint density at radius 3 is 2.59 bits per heavy atom. The molecule has 2 aromatic rings. The second kappa shape index (κ2) is 8.45. The number of sulfone groups is 1. The molecule has 156 valence electrons. The number of benzene rings is 1. The number of carbonyl (C=O) groups excluding carboxylic acids is 1. The quantitative estimate of drug-likeness (QED) is 0.724. The van der Waals surface area contributed by atoms with E-state index < -0.39 is 9.84 Å². The summed E-state index contributed by atoms with van der Waals surface area (Å²) in [4.78, 5) is 18.0. The van der Waals surface area contributed by atoms with Gasteiger partial charge in [-0.25, -0.2) is 8.42 Å². The summed E-state index contributed by atoms with van der Waals surface area (Å²) in [5.74, 6) is 0.163. The van der Waals surface area contributed by atoms with Crippen LogP contribution in [0.3, 0.4) is 0 Å². The van der Waals surface area contributed by atoms with Crippen LogP contribution in [0.5, 0.6) is 0 Å². The maximum absolute atomic E-state index is 13.4. The molecule has 1 amide bonds. The smallest absolute Gasteiger partial charge is 0.264 e. The molecule has 2 aliphatic rings. The fourth-order valence-corrected chi connectivity index (χ4v) is 6.96. The molecule has 2 aliphatic heterocycles. The summed E-state index contributed by atoms with van der Waals surface area (Å²) in [6, 6.07) is 11.8. The van der Waals surface area contributed by atoms with Crippen molar-refractivity contribution in [1.29, 1.82) is 0 Å². The third-order valence-corrected chi connectivity index (χ3v) is 8.49. The Morgan fingerprint density at radius 2 is 1.97 bits per heavy atom. The topological polar surface area (TPSA) is 66.9 Å². The van der Waals surface area contributed by atoms with Gasteiger partial charge in [0.2, 0.25) is 0 Å². The van der Waals surface area contributed by atoms with Gasteiger partial charge in [-0.15, -0.1) is 11.3 Å². The summed E-state index contributed by atoms with van der Waals surface area (Å²) in [5, 5.41) is 1.08. The molecule has 1 aromatic carbocycles. The third kappa shape index (κ3) is 4.34. The lowest BCUT2D eigenvalue weighted by atomic mass is 10.1. The zero-order chi connectivity index (χ0) is 20.4. The molecule has 0 N–H and O–H groups in total. The molecule has 6 nitrogen and oxygen atoms in total. The van der Waals surface area contributed by atoms with Crippen molar-refractivity contribution < 1.29 is 17.9 Å². The largest absolute Gasteiger partial charge is 0.378 e. The van der Waals surface area contributed by atoms with Gasteiger partial charge in [0.05, 0.1) is 34.6 Å². The molecule has 2 fully saturated rings. The maximum atomic E-state index is 13.4. The van der Waals surface area contributed by atoms with Crippen LogP contribution in [0.15, 0.2) is 36.4 Å². The molecule has 8 heteroatoms. The normalized spacial score (nSPS) is 21.3. The summed E-state index contributed by atoms with van der Waals surface area (Å²) in [6.45, 7) is 5.37. The minimum absolute atomic E-state index is 0.0693. The van der Waals surface area contributed by atoms with Crippen LogP contribution in [-0.2, 0) is 14.6 Å². The SMILES string of the molecule is CCN(C(=O)c1cc(-c2ccccc2)c(N2CCOCC2)s1)[C@H]1CCS(=O)(=O)C1. The molecule has 1 atom stereocenters. The highest BCUT2D eigenvalue weighted by Crippen LogP contribution is 2.40. The van der Waals surface area contributed by atoms with Crippen molar-refractivity contribution in [3.63, 3.8) is 0 Å². The Hall–Kier alpha value is -1.90. The third-order valence-electron chi connectivity index (χ3n) is 5.56. The Balaban J connectivity index is 1.68. The Morgan fingerprint density at radius 1 is 1.24 bits per heavy atom. The second-order valence-electron chi connectivity index (χ2n) is 7.44. The summed E-state index contributed by atoms with van der Waals surface area (Å²) < 4.78 is 29.3. The van der Waals surface area contributed by atoms with Gasteiger partial charge in [0.15, 0.2) is 9.84 Å². The number of rotatable bonds is 5. The maximum Gasteiger partial charge on any atom is 0.264 e. The predicted molar refractivity (Wildman–Crippen MR) is 117 cm³/mol. The number of amides is 1. The van der Waals surface area contributed by atoms with Gasteiger partial charge >= 0.3 is 0 Å². The minimum Gasteiger partial charge on any atom is -0.378 e. The van der Waals surface area contributed by atoms with Crippen LogP contribution < -0.4 is 4.90 Å². The molecule has 0 saturated carbocycles. The first kappa shape index (κ1) is 20.4. The van der Waals surface area contributed by atoms with E-state index in [4.69, 9.17) is 4.74 Å². The van der Waals surface area contributed by atoms with Crippen molar-refractivity contribution in [2.75, 3.05) is 49.3 Å². The molecule has 0 radical (unpaired) electrons. The summed E-state index contributed by atoms with van der Waals surface area (Å²) in [5.41, 5.74) is 2.13. The van der Waals surface area contributed by atoms with E-state index >= 15 is 0 Å². The molecule has 0 spiro atoms. The number of carbonyl (C=O) groups is 1. The van der Waals surface area contributed by atoms with Gasteiger partial charge in [0.25, 0.3) is 5.91 Å². The molecule has 2 saturated heterocycles. The molecule has 0 unspecified atom stereocenters. The van der Waals surface area contributed by atoms with Gasteiger partial charge in [-0.1, -0.05) is 30.3 Å². The molecule has 29 heavy (non-hydrogen) atoms. The average molecular weight is 435 g/mol. The molecular weight excluding hydrogens is 408 g/mol. The van der Waals surface area contributed by atoms with Gasteiger partial charge in [-0.3, -0.25) is 4.79 Å². The number of ether oxygens (including phenoxy) is 1. The van der Waals surface area contributed by atoms with E-state index in [0.29, 0.717) is 31.1 Å². The number of thiophene rings is 1. The van der Waals surface area contributed by atoms with Crippen LogP contribution in [0.25, 0.3) is 11.1 Å². The standard InChI is InChI=1S/C21H26N2O4S2/c1-2-23(17-8-13-29(25,26)15-17)20(24)19-14-18(16-6-4-3-5-7-16)21(28-19)22-9-11-27-12-10-22/h3-7,14,17H,2,8-13,15H2,1H3/t17-/m0/s1. The average Bonchev–Trinajstić information content (AvgIpc) is 3.33. The number of morpholine rings is 1. The van der Waals surface area contributed by atoms with E-state index in [-0.39, 0.29) is 23.5 Å². The fourth-order valence-electron chi connectivity index (χ4n) is 4.04. The van der Waals surface area contributed by atoms with E-state index in [0.717, 1.165) is 29.2 Å². The Labute approximate surface area is 176 Å². The van der Waals surface area contributed by atoms with Crippen molar-refractivity contribution in [2.45, 2.75) is 19.4 Å². The Bertz CT molecular complexity index is 966. The first-order valence-corrected chi connectivity index (χ1v) is 12.7. The fraction of sp³-hybridized carbons (Fsp3) is 0.476. The van der Waals surface area contributed by atoms with Crippen LogP contribution >= 0.6 is 11.3 Å². The van der Waals surface area contributed by atoms with E-state index in [9.17, 15) is 13.2 Å². The van der Waals surface area contributed by atoms with Gasteiger partial charge < -0.3 is 14.5 Å². The van der Waals surface area contributed by atoms with Crippen molar-refractivity contribution in [3.8, 4) is 11.1 Å². The summed E-state index contributed by atoms with van der Waals surface area (Å²) in [6.07, 6.45) is 0.523. The number of anilines is 1. The summed E-state index contributed by atoms with van der Waals surface area (Å²) in [7, 11) is -3.04. The lowest BCUT2D eigenvalue weighted by molar-refractivity contribution is 0.0713. The van der Waals surface area contributed by atoms with Crippen molar-refractivity contribution in [3.05, 3.63) is 41.3 Å². The minimum atomic E-state index is -3.04. The number of hydrogen-bond donors (Lipinski definition) is 0. The molecule has 4 rings (SSSR count). The number of nitrogens with zero attached hydrogens (tertiary/aromatic N) is 2. The zero-order valence-electron chi connectivity index (χ0n) is 16.5. The van der Waals surface area contributed by atoms with E-state index in [1.165, 1.54) is 11.3 Å². The predicted octanol–water partition coefficient (Wildman–Crippen LogP) is 2.90. The van der Waals surface area contributed by atoms with E-state index in [1.807, 2.05) is 31.2 Å². The van der Waals surface area contributed by atoms with E-state index in [2.05, 4.69) is 17.0 Å². The van der Waals surface area contributed by atoms with Gasteiger partial charge in [0.1, 0.15) is 0 Å². The Kier molecular flexibility index (Phi) is 5.94. The molecule has 3 heterocycles. The first-order valence-electron chi connectivity index (χ1n) is 10.0. The highest BCUT2D eigenvalue weighted by Gasteiger charge is 2.35. The second-order valence-corrected chi connectivity index (χ2v) is 10.7.